The molecule has 0 amide bonds. The largest absolute Gasteiger partial charge is 0.310 e. The van der Waals surface area contributed by atoms with Crippen LogP contribution in [0.2, 0.25) is 0 Å². The molecule has 4 bridgehead atoms. The summed E-state index contributed by atoms with van der Waals surface area (Å²) in [6.45, 7) is 0. The van der Waals surface area contributed by atoms with Crippen molar-refractivity contribution in [3.05, 3.63) is 174 Å². The summed E-state index contributed by atoms with van der Waals surface area (Å²) >= 11 is 0. The third-order valence-electron chi connectivity index (χ3n) is 16.0. The van der Waals surface area contributed by atoms with Crippen LogP contribution in [0.3, 0.4) is 0 Å². The first-order valence-corrected chi connectivity index (χ1v) is 21.6. The van der Waals surface area contributed by atoms with Gasteiger partial charge in [-0.2, -0.15) is 0 Å². The van der Waals surface area contributed by atoms with Gasteiger partial charge in [-0.1, -0.05) is 128 Å². The van der Waals surface area contributed by atoms with Crippen LogP contribution in [0.4, 0.5) is 17.1 Å². The van der Waals surface area contributed by atoms with Gasteiger partial charge in [0, 0.05) is 27.9 Å². The Balaban J connectivity index is 0.992. The van der Waals surface area contributed by atoms with Crippen LogP contribution in [0.15, 0.2) is 152 Å². The Morgan fingerprint density at radius 2 is 0.929 bits per heavy atom. The zero-order valence-electron chi connectivity index (χ0n) is 32.1. The Hall–Kier alpha value is -5.40. The van der Waals surface area contributed by atoms with Crippen LogP contribution in [0.1, 0.15) is 80.0 Å². The van der Waals surface area contributed by atoms with Crippen molar-refractivity contribution in [3.63, 3.8) is 0 Å². The van der Waals surface area contributed by atoms with Crippen LogP contribution in [-0.2, 0) is 10.8 Å². The first-order chi connectivity index (χ1) is 27.7. The van der Waals surface area contributed by atoms with Gasteiger partial charge < -0.3 is 4.90 Å². The van der Waals surface area contributed by atoms with E-state index in [1.807, 2.05) is 0 Å². The molecule has 0 saturated heterocycles. The molecule has 14 rings (SSSR count). The number of benzene rings is 7. The molecule has 7 aliphatic carbocycles. The molecule has 7 aromatic rings. The van der Waals surface area contributed by atoms with Crippen molar-refractivity contribution in [2.75, 3.05) is 4.90 Å². The minimum atomic E-state index is 0.166. The van der Waals surface area contributed by atoms with E-state index in [1.165, 1.54) is 125 Å². The molecule has 7 aromatic carbocycles. The lowest BCUT2D eigenvalue weighted by atomic mass is 9.43. The second-order valence-electron chi connectivity index (χ2n) is 18.4. The Morgan fingerprint density at radius 3 is 1.66 bits per heavy atom. The van der Waals surface area contributed by atoms with Crippen LogP contribution >= 0.6 is 0 Å². The summed E-state index contributed by atoms with van der Waals surface area (Å²) in [4.78, 5) is 2.56. The van der Waals surface area contributed by atoms with Gasteiger partial charge in [0.25, 0.3) is 0 Å². The summed E-state index contributed by atoms with van der Waals surface area (Å²) in [5.74, 6) is 3.42. The number of hydrogen-bond donors (Lipinski definition) is 0. The van der Waals surface area contributed by atoms with Crippen LogP contribution in [0, 0.1) is 23.7 Å². The van der Waals surface area contributed by atoms with Gasteiger partial charge >= 0.3 is 0 Å². The van der Waals surface area contributed by atoms with E-state index >= 15 is 0 Å². The first kappa shape index (κ1) is 31.8. The van der Waals surface area contributed by atoms with E-state index in [-0.39, 0.29) is 10.8 Å². The molecule has 7 aliphatic rings. The van der Waals surface area contributed by atoms with Gasteiger partial charge in [-0.15, -0.1) is 0 Å². The highest BCUT2D eigenvalue weighted by atomic mass is 15.1. The monoisotopic (exact) mass is 721 g/mol. The predicted octanol–water partition coefficient (Wildman–Crippen LogP) is 14.5. The first-order valence-electron chi connectivity index (χ1n) is 21.6. The van der Waals surface area contributed by atoms with E-state index in [9.17, 15) is 0 Å². The Bertz CT molecular complexity index is 2690. The summed E-state index contributed by atoms with van der Waals surface area (Å²) in [5.41, 5.74) is 18.7. The second kappa shape index (κ2) is 11.6. The van der Waals surface area contributed by atoms with Crippen LogP contribution < -0.4 is 4.90 Å². The fourth-order valence-corrected chi connectivity index (χ4v) is 14.1. The lowest BCUT2D eigenvalue weighted by Gasteiger charge is -2.61. The van der Waals surface area contributed by atoms with Gasteiger partial charge in [0.1, 0.15) is 0 Å². The zero-order chi connectivity index (χ0) is 36.6. The Morgan fingerprint density at radius 1 is 0.411 bits per heavy atom. The molecule has 0 aliphatic heterocycles. The average Bonchev–Trinajstić information content (AvgIpc) is 3.93. The van der Waals surface area contributed by atoms with Gasteiger partial charge in [-0.3, -0.25) is 0 Å². The number of nitrogens with zero attached hydrogens (tertiary/aromatic N) is 1. The highest BCUT2D eigenvalue weighted by Gasteiger charge is 2.61. The minimum absolute atomic E-state index is 0.166. The summed E-state index contributed by atoms with van der Waals surface area (Å²) in [6.07, 6.45) is 12.3. The van der Waals surface area contributed by atoms with Crippen molar-refractivity contribution in [1.82, 2.24) is 0 Å². The molecule has 56 heavy (non-hydrogen) atoms. The third kappa shape index (κ3) is 4.16. The molecule has 0 atom stereocenters. The topological polar surface area (TPSA) is 3.24 Å². The maximum atomic E-state index is 2.58. The number of hydrogen-bond acceptors (Lipinski definition) is 1. The predicted molar refractivity (Wildman–Crippen MR) is 232 cm³/mol. The normalized spacial score (nSPS) is 25.4. The average molecular weight is 722 g/mol. The molecule has 1 heteroatoms. The van der Waals surface area contributed by atoms with Gasteiger partial charge in [0.2, 0.25) is 0 Å². The van der Waals surface area contributed by atoms with Crippen molar-refractivity contribution in [3.8, 4) is 33.4 Å². The van der Waals surface area contributed by atoms with E-state index in [4.69, 9.17) is 0 Å². The Labute approximate surface area is 331 Å². The lowest BCUT2D eigenvalue weighted by Crippen LogP contribution is -2.55. The fourth-order valence-electron chi connectivity index (χ4n) is 14.1. The molecule has 0 aromatic heterocycles. The van der Waals surface area contributed by atoms with E-state index < -0.39 is 0 Å². The molecule has 0 N–H and O–H groups in total. The minimum Gasteiger partial charge on any atom is -0.310 e. The summed E-state index contributed by atoms with van der Waals surface area (Å²) < 4.78 is 0. The van der Waals surface area contributed by atoms with Crippen molar-refractivity contribution in [2.45, 2.75) is 68.6 Å². The molecule has 0 radical (unpaired) electrons. The van der Waals surface area contributed by atoms with Gasteiger partial charge in [-0.25, -0.2) is 0 Å². The molecule has 2 spiro atoms. The maximum absolute atomic E-state index is 2.58. The molecule has 5 fully saturated rings. The quantitative estimate of drug-likeness (QED) is 0.175. The highest BCUT2D eigenvalue weighted by molar-refractivity contribution is 5.97. The zero-order valence-corrected chi connectivity index (χ0v) is 32.1. The van der Waals surface area contributed by atoms with Crippen LogP contribution in [-0.4, -0.2) is 0 Å². The number of anilines is 3. The molecule has 272 valence electrons. The standard InChI is InChI=1S/C55H47N/c1-2-12-44-37(10-1)11-9-15-45(44)38-18-20-41(21-19-38)56(42-22-24-51-48(33-42)46-13-3-5-16-50(46)54(51)26-7-8-27-54)43-23-25-53-49(34-43)47-14-4-6-17-52(47)55(53)39-29-35-28-36(31-39)32-40(55)30-35/h1-6,9-25,33-36,39-40H,7-8,26-32H2. The third-order valence-corrected chi connectivity index (χ3v) is 16.0. The van der Waals surface area contributed by atoms with Crippen molar-refractivity contribution < 1.29 is 0 Å². The maximum Gasteiger partial charge on any atom is 0.0468 e. The number of fused-ring (bicyclic) bond motifs is 9. The molecule has 0 unspecified atom stereocenters. The van der Waals surface area contributed by atoms with Gasteiger partial charge in [0.05, 0.1) is 0 Å². The second-order valence-corrected chi connectivity index (χ2v) is 18.4. The lowest BCUT2D eigenvalue weighted by molar-refractivity contribution is -0.0399. The van der Waals surface area contributed by atoms with Gasteiger partial charge in [-0.05, 0) is 171 Å². The van der Waals surface area contributed by atoms with E-state index in [1.54, 1.807) is 16.7 Å². The molecule has 5 saturated carbocycles. The summed E-state index contributed by atoms with van der Waals surface area (Å²) in [5, 5.41) is 2.58. The molecular weight excluding hydrogens is 675 g/mol. The van der Waals surface area contributed by atoms with Crippen molar-refractivity contribution in [1.29, 1.82) is 0 Å². The molecule has 0 heterocycles. The smallest absolute Gasteiger partial charge is 0.0468 e. The SMILES string of the molecule is c1ccc2c(c1)-c1cc(N(c3ccc(-c4cccc5ccccc45)cc3)c3ccc4c(c3)-c3ccccc3C43C4CC5CC(C4)CC3C5)ccc1C21CCCC1. The van der Waals surface area contributed by atoms with E-state index in [0.29, 0.717) is 0 Å². The fraction of sp³-hybridized carbons (Fsp3) is 0.273. The van der Waals surface area contributed by atoms with Crippen LogP contribution in [0.25, 0.3) is 44.2 Å². The van der Waals surface area contributed by atoms with Crippen molar-refractivity contribution in [2.24, 2.45) is 23.7 Å². The summed E-state index contributed by atoms with van der Waals surface area (Å²) in [6, 6.07) is 58.8. The number of rotatable bonds is 4. The van der Waals surface area contributed by atoms with Crippen LogP contribution in [0.5, 0.6) is 0 Å². The van der Waals surface area contributed by atoms with E-state index in [0.717, 1.165) is 23.7 Å². The summed E-state index contributed by atoms with van der Waals surface area (Å²) in [7, 11) is 0. The molecular formula is C55H47N. The van der Waals surface area contributed by atoms with Gasteiger partial charge in [0.15, 0.2) is 0 Å². The van der Waals surface area contributed by atoms with Crippen molar-refractivity contribution >= 4 is 27.8 Å². The van der Waals surface area contributed by atoms with E-state index in [2.05, 4.69) is 157 Å². The highest BCUT2D eigenvalue weighted by Crippen LogP contribution is 2.69. The Kier molecular flexibility index (Phi) is 6.57. The molecule has 1 nitrogen and oxygen atoms in total.